The summed E-state index contributed by atoms with van der Waals surface area (Å²) >= 11 is 0. The van der Waals surface area contributed by atoms with Gasteiger partial charge in [-0.2, -0.15) is 0 Å². The number of nitrogens with zero attached hydrogens (tertiary/aromatic N) is 1. The second-order valence-corrected chi connectivity index (χ2v) is 10.8. The van der Waals surface area contributed by atoms with Crippen LogP contribution in [0.5, 0.6) is 23.0 Å². The number of primary amides is 1. The monoisotopic (exact) mass is 564 g/mol. The number of carbonyl (C=O) groups excluding carboxylic acids is 3. The van der Waals surface area contributed by atoms with Gasteiger partial charge < -0.3 is 40.4 Å². The van der Waals surface area contributed by atoms with Crippen molar-refractivity contribution in [3.05, 3.63) is 58.1 Å². The molecule has 0 saturated carbocycles. The number of aliphatic hydroxyl groups excluding tert-OH is 2. The van der Waals surface area contributed by atoms with E-state index in [-0.39, 0.29) is 29.1 Å². The van der Waals surface area contributed by atoms with Crippen LogP contribution in [0.15, 0.2) is 46.9 Å². The summed E-state index contributed by atoms with van der Waals surface area (Å²) in [6.07, 6.45) is -1.12. The van der Waals surface area contributed by atoms with E-state index in [4.69, 9.17) is 19.9 Å². The predicted octanol–water partition coefficient (Wildman–Crippen LogP) is 1.70. The Hall–Kier alpha value is -4.55. The fourth-order valence-electron chi connectivity index (χ4n) is 7.00. The largest absolute Gasteiger partial charge is 0.510 e. The van der Waals surface area contributed by atoms with Gasteiger partial charge in [0.2, 0.25) is 11.5 Å². The molecule has 0 aromatic heterocycles. The Bertz CT molecular complexity index is 1640. The fraction of sp³-hybridized carbons (Fsp3) is 0.345. The van der Waals surface area contributed by atoms with Crippen molar-refractivity contribution in [3.8, 4) is 34.1 Å². The minimum absolute atomic E-state index is 0.132. The molecular formula is C29H28N2O10. The first-order valence-corrected chi connectivity index (χ1v) is 12.8. The number of hydrogen-bond acceptors (Lipinski definition) is 11. The zero-order chi connectivity index (χ0) is 29.7. The third-order valence-corrected chi connectivity index (χ3v) is 8.71. The third kappa shape index (κ3) is 3.19. The van der Waals surface area contributed by atoms with Crippen LogP contribution in [0.25, 0.3) is 11.1 Å². The highest BCUT2D eigenvalue weighted by molar-refractivity contribution is 6.25. The van der Waals surface area contributed by atoms with Crippen LogP contribution in [0.4, 0.5) is 0 Å². The summed E-state index contributed by atoms with van der Waals surface area (Å²) in [5, 5.41) is 45.3. The minimum Gasteiger partial charge on any atom is -0.510 e. The number of Topliss-reactive ketones (excluding diaryl/α,β-unsaturated/α-hetero) is 2. The topological polar surface area (TPSA) is 189 Å². The molecule has 0 fully saturated rings. The number of phenolic OH excluding ortho intramolecular Hbond substituents is 1. The number of ether oxygens (including phenoxy) is 3. The zero-order valence-corrected chi connectivity index (χ0v) is 22.6. The summed E-state index contributed by atoms with van der Waals surface area (Å²) < 4.78 is 17.5. The Morgan fingerprint density at radius 1 is 1.07 bits per heavy atom. The number of nitrogens with two attached hydrogens (primary N) is 1. The molecule has 12 nitrogen and oxygen atoms in total. The maximum absolute atomic E-state index is 14.0. The van der Waals surface area contributed by atoms with Gasteiger partial charge in [-0.3, -0.25) is 19.3 Å². The number of aromatic hydroxyl groups is 1. The molecule has 41 heavy (non-hydrogen) atoms. The summed E-state index contributed by atoms with van der Waals surface area (Å²) in [4.78, 5) is 41.2. The van der Waals surface area contributed by atoms with Crippen molar-refractivity contribution >= 4 is 17.5 Å². The van der Waals surface area contributed by atoms with Gasteiger partial charge in [-0.1, -0.05) is 6.07 Å². The standard InChI is InChI=1S/C29H28N2O10/c1-31(2)20-13-9-12-17(26(35)29(13,38)27(36)19(22(20)34)28(30)37)21(33)18-14(32)7-5-10-11-6-8-15(39-3)25(40-4)24(11)41-23(12)16(10)18/h5-8,12-13,20,23,32,34-35,38H,9H2,1-4H3,(H2,30,37)/t12-,13-,20-,23?,29-/m0/s1. The molecule has 1 amide bonds. The van der Waals surface area contributed by atoms with Gasteiger partial charge in [0, 0.05) is 28.5 Å². The predicted molar refractivity (Wildman–Crippen MR) is 142 cm³/mol. The molecule has 4 aliphatic rings. The lowest BCUT2D eigenvalue weighted by Gasteiger charge is -2.51. The number of carbonyl (C=O) groups is 3. The molecule has 1 heterocycles. The second-order valence-electron chi connectivity index (χ2n) is 10.8. The minimum atomic E-state index is -2.76. The number of rotatable bonds is 4. The normalized spacial score (nSPS) is 28.0. The van der Waals surface area contributed by atoms with E-state index in [1.54, 1.807) is 32.3 Å². The number of ketones is 2. The summed E-state index contributed by atoms with van der Waals surface area (Å²) in [5.41, 5.74) is 2.84. The maximum Gasteiger partial charge on any atom is 0.255 e. The highest BCUT2D eigenvalue weighted by Gasteiger charge is 2.65. The highest BCUT2D eigenvalue weighted by Crippen LogP contribution is 2.61. The molecule has 0 spiro atoms. The Labute approximate surface area is 233 Å². The molecule has 6 rings (SSSR count). The van der Waals surface area contributed by atoms with Gasteiger partial charge in [0.1, 0.15) is 28.9 Å². The van der Waals surface area contributed by atoms with E-state index in [0.717, 1.165) is 0 Å². The zero-order valence-electron chi connectivity index (χ0n) is 22.6. The fourth-order valence-corrected chi connectivity index (χ4v) is 7.00. The molecule has 214 valence electrons. The molecule has 12 heteroatoms. The highest BCUT2D eigenvalue weighted by atomic mass is 16.5. The summed E-state index contributed by atoms with van der Waals surface area (Å²) in [7, 11) is 6.04. The average molecular weight is 565 g/mol. The molecule has 0 radical (unpaired) electrons. The SMILES string of the molecule is COc1ccc2c(c1OC)OC1c3c-2ccc(O)c3C(=O)C2=C(O)[C@]3(O)C(=O)C(C(N)=O)=C(O)[C@@H](N(C)C)[C@@H]3C[C@@H]21. The van der Waals surface area contributed by atoms with Crippen LogP contribution in [-0.4, -0.2) is 82.8 Å². The van der Waals surface area contributed by atoms with E-state index in [0.29, 0.717) is 28.2 Å². The second kappa shape index (κ2) is 8.72. The number of hydrogen-bond donors (Lipinski definition) is 5. The van der Waals surface area contributed by atoms with Crippen molar-refractivity contribution in [1.29, 1.82) is 0 Å². The van der Waals surface area contributed by atoms with E-state index >= 15 is 0 Å². The van der Waals surface area contributed by atoms with Crippen molar-refractivity contribution in [2.45, 2.75) is 24.2 Å². The van der Waals surface area contributed by atoms with Crippen LogP contribution in [0, 0.1) is 11.8 Å². The molecule has 2 aromatic carbocycles. The van der Waals surface area contributed by atoms with Crippen LogP contribution >= 0.6 is 0 Å². The van der Waals surface area contributed by atoms with Crippen LogP contribution in [0.1, 0.15) is 28.4 Å². The van der Waals surface area contributed by atoms with Gasteiger partial charge in [0.25, 0.3) is 5.91 Å². The number of methoxy groups -OCH3 is 2. The maximum atomic E-state index is 14.0. The number of amides is 1. The van der Waals surface area contributed by atoms with E-state index in [1.807, 2.05) is 0 Å². The number of aliphatic hydroxyl groups is 3. The molecule has 5 atom stereocenters. The van der Waals surface area contributed by atoms with Crippen molar-refractivity contribution < 1.29 is 49.0 Å². The average Bonchev–Trinajstić information content (AvgIpc) is 2.92. The van der Waals surface area contributed by atoms with Crippen molar-refractivity contribution in [2.24, 2.45) is 17.6 Å². The summed E-state index contributed by atoms with van der Waals surface area (Å²) in [6, 6.07) is 5.28. The first-order valence-electron chi connectivity index (χ1n) is 12.8. The number of phenols is 1. The number of benzene rings is 2. The number of fused-ring (bicyclic) bond motifs is 5. The van der Waals surface area contributed by atoms with Crippen LogP contribution in [0.3, 0.4) is 0 Å². The Kier molecular flexibility index (Phi) is 5.67. The van der Waals surface area contributed by atoms with Crippen LogP contribution in [-0.2, 0) is 9.59 Å². The molecule has 0 bridgehead atoms. The molecule has 6 N–H and O–H groups in total. The first-order chi connectivity index (χ1) is 19.4. The Balaban J connectivity index is 1.64. The van der Waals surface area contributed by atoms with E-state index in [2.05, 4.69) is 0 Å². The van der Waals surface area contributed by atoms with Gasteiger partial charge in [-0.05, 0) is 44.3 Å². The summed E-state index contributed by atoms with van der Waals surface area (Å²) in [5.74, 6) is -6.58. The lowest BCUT2D eigenvalue weighted by atomic mass is 9.57. The van der Waals surface area contributed by atoms with Gasteiger partial charge in [-0.25, -0.2) is 0 Å². The smallest absolute Gasteiger partial charge is 0.255 e. The lowest BCUT2D eigenvalue weighted by molar-refractivity contribution is -0.149. The lowest BCUT2D eigenvalue weighted by Crippen LogP contribution is -2.64. The van der Waals surface area contributed by atoms with Gasteiger partial charge in [-0.15, -0.1) is 0 Å². The van der Waals surface area contributed by atoms with Gasteiger partial charge >= 0.3 is 0 Å². The molecule has 3 aliphatic carbocycles. The van der Waals surface area contributed by atoms with E-state index in [9.17, 15) is 34.8 Å². The third-order valence-electron chi connectivity index (χ3n) is 8.71. The van der Waals surface area contributed by atoms with Crippen molar-refractivity contribution in [3.63, 3.8) is 0 Å². The Morgan fingerprint density at radius 3 is 2.37 bits per heavy atom. The molecule has 0 saturated heterocycles. The van der Waals surface area contributed by atoms with Crippen LogP contribution < -0.4 is 19.9 Å². The van der Waals surface area contributed by atoms with E-state index < -0.39 is 64.1 Å². The molecular weight excluding hydrogens is 536 g/mol. The Morgan fingerprint density at radius 2 is 1.76 bits per heavy atom. The molecule has 1 unspecified atom stereocenters. The first kappa shape index (κ1) is 26.7. The number of likely N-dealkylation sites (N-methyl/N-ethyl adjacent to an activating group) is 1. The van der Waals surface area contributed by atoms with Gasteiger partial charge in [0.15, 0.2) is 22.9 Å². The van der Waals surface area contributed by atoms with Crippen molar-refractivity contribution in [1.82, 2.24) is 4.90 Å². The van der Waals surface area contributed by atoms with Crippen molar-refractivity contribution in [2.75, 3.05) is 28.3 Å². The summed E-state index contributed by atoms with van der Waals surface area (Å²) in [6.45, 7) is 0. The molecule has 2 aromatic rings. The molecule has 1 aliphatic heterocycles. The quantitative estimate of drug-likeness (QED) is 0.340. The van der Waals surface area contributed by atoms with Crippen LogP contribution in [0.2, 0.25) is 0 Å². The van der Waals surface area contributed by atoms with Gasteiger partial charge in [0.05, 0.1) is 25.8 Å². The van der Waals surface area contributed by atoms with E-state index in [1.165, 1.54) is 25.2 Å².